The van der Waals surface area contributed by atoms with Gasteiger partial charge in [-0.3, -0.25) is 4.79 Å². The molecular formula is C48H71NO5. The van der Waals surface area contributed by atoms with Crippen molar-refractivity contribution in [3.63, 3.8) is 0 Å². The average molecular weight is 742 g/mol. The highest BCUT2D eigenvalue weighted by Gasteiger charge is 2.53. The second-order valence-corrected chi connectivity index (χ2v) is 17.4. The minimum absolute atomic E-state index is 0.000627. The van der Waals surface area contributed by atoms with Crippen LogP contribution in [0.1, 0.15) is 151 Å². The lowest BCUT2D eigenvalue weighted by Gasteiger charge is -2.51. The number of ether oxygens (including phenoxy) is 4. The van der Waals surface area contributed by atoms with Gasteiger partial charge in [-0.2, -0.15) is 0 Å². The third kappa shape index (κ3) is 11.7. The zero-order valence-corrected chi connectivity index (χ0v) is 35.7. The quantitative estimate of drug-likeness (QED) is 0.108. The van der Waals surface area contributed by atoms with E-state index in [1.807, 2.05) is 31.3 Å². The van der Waals surface area contributed by atoms with Gasteiger partial charge in [-0.25, -0.2) is 0 Å². The lowest BCUT2D eigenvalue weighted by Crippen LogP contribution is -2.55. The van der Waals surface area contributed by atoms with Crippen LogP contribution in [0.2, 0.25) is 0 Å². The summed E-state index contributed by atoms with van der Waals surface area (Å²) in [6, 6.07) is 16.8. The Bertz CT molecular complexity index is 1580. The fraction of sp³-hybridized carbons (Fsp3) is 0.604. The number of methoxy groups -OCH3 is 1. The molecule has 0 saturated carbocycles. The van der Waals surface area contributed by atoms with E-state index in [0.717, 1.165) is 48.6 Å². The van der Waals surface area contributed by atoms with Gasteiger partial charge < -0.3 is 23.8 Å². The van der Waals surface area contributed by atoms with Gasteiger partial charge in [0.05, 0.1) is 20.1 Å². The molecule has 0 aromatic heterocycles. The van der Waals surface area contributed by atoms with Crippen LogP contribution in [0.4, 0.5) is 5.69 Å². The Morgan fingerprint density at radius 1 is 0.685 bits per heavy atom. The van der Waals surface area contributed by atoms with Crippen molar-refractivity contribution in [3.8, 4) is 17.2 Å². The number of carbonyl (C=O) groups excluding carboxylic acids is 1. The van der Waals surface area contributed by atoms with Gasteiger partial charge in [-0.05, 0) is 92.8 Å². The summed E-state index contributed by atoms with van der Waals surface area (Å²) in [5.74, 6) is 2.08. The number of aryl methyl sites for hydroxylation is 4. The molecule has 54 heavy (non-hydrogen) atoms. The molecule has 0 amide bonds. The number of benzene rings is 3. The smallest absolute Gasteiger partial charge is 0.307 e. The summed E-state index contributed by atoms with van der Waals surface area (Å²) >= 11 is 0. The highest BCUT2D eigenvalue weighted by molar-refractivity contribution is 5.70. The van der Waals surface area contributed by atoms with Crippen LogP contribution in [0.25, 0.3) is 0 Å². The molecule has 1 spiro atoms. The number of nitrogens with zero attached hydrogens (tertiary/aromatic N) is 1. The standard InChI is InChI=1S/C25H32O2.C23H39NO3/c1-15-9-19-21(11-17(15)3)26-25(13-23(19,5)6)14-24(7,8)20-10-16(2)18(4)12-22(20)27-25;1-4-5-6-7-8-9-10-11-12-13-20-27-23(25)18-19-24(2)21-14-16-22(26-3)17-15-21/h9-12H,13-14H2,1-8H3;14-17H,4-13,18-20H2,1-3H3. The Kier molecular flexibility index (Phi) is 15.4. The Morgan fingerprint density at radius 3 is 1.59 bits per heavy atom. The van der Waals surface area contributed by atoms with Gasteiger partial charge in [0.15, 0.2) is 0 Å². The van der Waals surface area contributed by atoms with Gasteiger partial charge in [-0.1, -0.05) is 105 Å². The van der Waals surface area contributed by atoms with Crippen LogP contribution in [0.15, 0.2) is 48.5 Å². The molecular weight excluding hydrogens is 671 g/mol. The third-order valence-electron chi connectivity index (χ3n) is 11.6. The number of unbranched alkanes of at least 4 members (excludes halogenated alkanes) is 9. The highest BCUT2D eigenvalue weighted by atomic mass is 16.7. The summed E-state index contributed by atoms with van der Waals surface area (Å²) in [4.78, 5) is 13.9. The minimum Gasteiger partial charge on any atom is -0.497 e. The normalized spacial score (nSPS) is 15.8. The zero-order valence-electron chi connectivity index (χ0n) is 35.7. The topological polar surface area (TPSA) is 57.2 Å². The Labute approximate surface area is 328 Å². The third-order valence-corrected chi connectivity index (χ3v) is 11.6. The summed E-state index contributed by atoms with van der Waals surface area (Å²) in [5, 5.41) is 0. The van der Waals surface area contributed by atoms with Gasteiger partial charge in [0, 0.05) is 54.1 Å². The van der Waals surface area contributed by atoms with E-state index in [1.165, 1.54) is 84.7 Å². The zero-order chi connectivity index (χ0) is 39.5. The molecule has 0 N–H and O–H groups in total. The lowest BCUT2D eigenvalue weighted by atomic mass is 9.68. The van der Waals surface area contributed by atoms with Crippen molar-refractivity contribution in [1.82, 2.24) is 0 Å². The lowest BCUT2D eigenvalue weighted by molar-refractivity contribution is -0.166. The van der Waals surface area contributed by atoms with E-state index in [-0.39, 0.29) is 16.8 Å². The first-order valence-electron chi connectivity index (χ1n) is 20.7. The molecule has 2 aliphatic heterocycles. The van der Waals surface area contributed by atoms with E-state index in [1.54, 1.807) is 7.11 Å². The SMILES string of the molecule is CCCCCCCCCCCCOC(=O)CCN(C)c1ccc(OC)cc1.Cc1cc2c(cc1C)C(C)(C)CC1(CC(C)(C)c3cc(C)c(C)cc3O1)O2. The van der Waals surface area contributed by atoms with Crippen LogP contribution < -0.4 is 19.1 Å². The second kappa shape index (κ2) is 19.3. The molecule has 3 aromatic carbocycles. The van der Waals surface area contributed by atoms with Gasteiger partial charge in [0.25, 0.3) is 5.79 Å². The van der Waals surface area contributed by atoms with Crippen LogP contribution in [-0.4, -0.2) is 39.1 Å². The van der Waals surface area contributed by atoms with Crippen LogP contribution in [0.3, 0.4) is 0 Å². The maximum atomic E-state index is 11.9. The maximum absolute atomic E-state index is 11.9. The van der Waals surface area contributed by atoms with Crippen molar-refractivity contribution in [3.05, 3.63) is 81.9 Å². The molecule has 6 heteroatoms. The average Bonchev–Trinajstić information content (AvgIpc) is 3.11. The second-order valence-electron chi connectivity index (χ2n) is 17.4. The van der Waals surface area contributed by atoms with E-state index in [4.69, 9.17) is 18.9 Å². The molecule has 0 unspecified atom stereocenters. The van der Waals surface area contributed by atoms with Gasteiger partial charge in [-0.15, -0.1) is 0 Å². The maximum Gasteiger partial charge on any atom is 0.307 e. The first kappa shape index (κ1) is 43.1. The van der Waals surface area contributed by atoms with Crippen LogP contribution in [0.5, 0.6) is 17.2 Å². The minimum atomic E-state index is -0.615. The van der Waals surface area contributed by atoms with Crippen molar-refractivity contribution in [2.24, 2.45) is 0 Å². The monoisotopic (exact) mass is 742 g/mol. The summed E-state index contributed by atoms with van der Waals surface area (Å²) in [5.41, 5.74) is 8.83. The number of anilines is 1. The molecule has 6 nitrogen and oxygen atoms in total. The number of hydrogen-bond donors (Lipinski definition) is 0. The molecule has 5 rings (SSSR count). The Balaban J connectivity index is 0.000000241. The molecule has 0 fully saturated rings. The largest absolute Gasteiger partial charge is 0.497 e. The van der Waals surface area contributed by atoms with E-state index < -0.39 is 5.79 Å². The van der Waals surface area contributed by atoms with Crippen molar-refractivity contribution in [2.75, 3.05) is 32.2 Å². The number of esters is 1. The first-order chi connectivity index (χ1) is 25.6. The molecule has 0 aliphatic carbocycles. The van der Waals surface area contributed by atoms with Crippen molar-refractivity contribution in [1.29, 1.82) is 0 Å². The molecule has 3 aromatic rings. The van der Waals surface area contributed by atoms with E-state index >= 15 is 0 Å². The predicted octanol–water partition coefficient (Wildman–Crippen LogP) is 12.4. The number of hydrogen-bond acceptors (Lipinski definition) is 6. The first-order valence-corrected chi connectivity index (χ1v) is 20.7. The van der Waals surface area contributed by atoms with E-state index in [0.29, 0.717) is 19.6 Å². The molecule has 0 saturated heterocycles. The van der Waals surface area contributed by atoms with Crippen molar-refractivity contribution in [2.45, 2.75) is 162 Å². The van der Waals surface area contributed by atoms with Crippen LogP contribution >= 0.6 is 0 Å². The highest BCUT2D eigenvalue weighted by Crippen LogP contribution is 2.54. The van der Waals surface area contributed by atoms with Gasteiger partial charge in [0.1, 0.15) is 17.2 Å². The summed E-state index contributed by atoms with van der Waals surface area (Å²) in [6.45, 7) is 21.4. The Hall–Kier alpha value is -3.67. The van der Waals surface area contributed by atoms with E-state index in [2.05, 4.69) is 91.5 Å². The van der Waals surface area contributed by atoms with E-state index in [9.17, 15) is 4.79 Å². The number of carbonyl (C=O) groups is 1. The fourth-order valence-corrected chi connectivity index (χ4v) is 8.04. The van der Waals surface area contributed by atoms with Gasteiger partial charge in [0.2, 0.25) is 0 Å². The number of fused-ring (bicyclic) bond motifs is 2. The van der Waals surface area contributed by atoms with Crippen molar-refractivity contribution < 1.29 is 23.7 Å². The number of rotatable bonds is 16. The molecule has 298 valence electrons. The Morgan fingerprint density at radius 2 is 1.13 bits per heavy atom. The molecule has 2 aliphatic rings. The fourth-order valence-electron chi connectivity index (χ4n) is 8.04. The predicted molar refractivity (Wildman–Crippen MR) is 225 cm³/mol. The van der Waals surface area contributed by atoms with Gasteiger partial charge >= 0.3 is 5.97 Å². The molecule has 0 atom stereocenters. The molecule has 2 heterocycles. The van der Waals surface area contributed by atoms with Crippen molar-refractivity contribution >= 4 is 11.7 Å². The summed E-state index contributed by atoms with van der Waals surface area (Å²) < 4.78 is 23.9. The molecule has 0 bridgehead atoms. The van der Waals surface area contributed by atoms with Crippen LogP contribution in [-0.2, 0) is 20.4 Å². The summed E-state index contributed by atoms with van der Waals surface area (Å²) in [6.07, 6.45) is 15.0. The summed E-state index contributed by atoms with van der Waals surface area (Å²) in [7, 11) is 3.64. The molecule has 0 radical (unpaired) electrons. The van der Waals surface area contributed by atoms with Crippen LogP contribution in [0, 0.1) is 27.7 Å².